The Bertz CT molecular complexity index is 192. The Labute approximate surface area is 67.8 Å². The first-order chi connectivity index (χ1) is 4.92. The maximum Gasteiger partial charge on any atom is 0.0694 e. The number of aliphatic hydroxyl groups is 1. The largest absolute Gasteiger partial charge is 0.390 e. The van der Waals surface area contributed by atoms with Crippen LogP contribution in [0.3, 0.4) is 0 Å². The van der Waals surface area contributed by atoms with Gasteiger partial charge in [-0.3, -0.25) is 0 Å². The van der Waals surface area contributed by atoms with E-state index < -0.39 is 5.60 Å². The molecule has 0 atom stereocenters. The quantitative estimate of drug-likeness (QED) is 0.623. The third-order valence-electron chi connectivity index (χ3n) is 2.72. The molecule has 2 heteroatoms. The number of hydrogen-bond donors (Lipinski definition) is 1. The lowest BCUT2D eigenvalue weighted by Gasteiger charge is -2.49. The molecular formula is C9H15NO. The van der Waals surface area contributed by atoms with Gasteiger partial charge in [-0.05, 0) is 25.7 Å². The van der Waals surface area contributed by atoms with Crippen LogP contribution in [0, 0.1) is 22.7 Å². The van der Waals surface area contributed by atoms with Crippen molar-refractivity contribution in [2.24, 2.45) is 11.3 Å². The average molecular weight is 153 g/mol. The smallest absolute Gasteiger partial charge is 0.0694 e. The Morgan fingerprint density at radius 1 is 1.45 bits per heavy atom. The zero-order chi connectivity index (χ0) is 8.70. The van der Waals surface area contributed by atoms with E-state index in [1.807, 2.05) is 13.8 Å². The van der Waals surface area contributed by atoms with E-state index in [0.29, 0.717) is 18.8 Å². The number of hydrogen-bond acceptors (Lipinski definition) is 2. The van der Waals surface area contributed by atoms with E-state index in [9.17, 15) is 5.11 Å². The molecule has 62 valence electrons. The molecule has 0 aliphatic heterocycles. The van der Waals surface area contributed by atoms with Gasteiger partial charge in [-0.1, -0.05) is 13.8 Å². The highest BCUT2D eigenvalue weighted by atomic mass is 16.3. The lowest BCUT2D eigenvalue weighted by atomic mass is 9.56. The maximum atomic E-state index is 9.48. The Morgan fingerprint density at radius 3 is 2.00 bits per heavy atom. The summed E-state index contributed by atoms with van der Waals surface area (Å²) in [6.45, 7) is 5.88. The molecule has 1 fully saturated rings. The van der Waals surface area contributed by atoms with Gasteiger partial charge in [-0.25, -0.2) is 0 Å². The maximum absolute atomic E-state index is 9.48. The summed E-state index contributed by atoms with van der Waals surface area (Å²) in [4.78, 5) is 0. The standard InChI is InChI=1S/C9H15NO/c1-7(2)9(6-10)4-8(3,11)5-9/h7,11H,4-5H2,1-3H3. The number of nitriles is 1. The van der Waals surface area contributed by atoms with Crippen molar-refractivity contribution >= 4 is 0 Å². The minimum Gasteiger partial charge on any atom is -0.390 e. The van der Waals surface area contributed by atoms with E-state index in [4.69, 9.17) is 5.26 Å². The van der Waals surface area contributed by atoms with Gasteiger partial charge in [-0.15, -0.1) is 0 Å². The first-order valence-corrected chi connectivity index (χ1v) is 4.05. The molecule has 1 rings (SSSR count). The van der Waals surface area contributed by atoms with Crippen LogP contribution in [0.15, 0.2) is 0 Å². The van der Waals surface area contributed by atoms with E-state index in [-0.39, 0.29) is 5.41 Å². The van der Waals surface area contributed by atoms with Crippen molar-refractivity contribution in [3.8, 4) is 6.07 Å². The minimum absolute atomic E-state index is 0.247. The van der Waals surface area contributed by atoms with Crippen LogP contribution in [0.1, 0.15) is 33.6 Å². The van der Waals surface area contributed by atoms with Crippen LogP contribution in [0.4, 0.5) is 0 Å². The summed E-state index contributed by atoms with van der Waals surface area (Å²) in [6, 6.07) is 2.31. The predicted molar refractivity (Wildman–Crippen MR) is 42.7 cm³/mol. The van der Waals surface area contributed by atoms with E-state index in [1.165, 1.54) is 0 Å². The van der Waals surface area contributed by atoms with E-state index in [0.717, 1.165) is 0 Å². The fourth-order valence-corrected chi connectivity index (χ4v) is 1.92. The predicted octanol–water partition coefficient (Wildman–Crippen LogP) is 1.70. The third-order valence-corrected chi connectivity index (χ3v) is 2.72. The molecular weight excluding hydrogens is 138 g/mol. The average Bonchev–Trinajstić information content (AvgIpc) is 1.81. The van der Waals surface area contributed by atoms with Crippen molar-refractivity contribution in [1.82, 2.24) is 0 Å². The summed E-state index contributed by atoms with van der Waals surface area (Å²) in [5.74, 6) is 0.354. The lowest BCUT2D eigenvalue weighted by Crippen LogP contribution is -2.51. The normalized spacial score (nSPS) is 43.3. The number of nitrogens with zero attached hydrogens (tertiary/aromatic N) is 1. The molecule has 0 spiro atoms. The monoisotopic (exact) mass is 153 g/mol. The molecule has 2 nitrogen and oxygen atoms in total. The topological polar surface area (TPSA) is 44.0 Å². The minimum atomic E-state index is -0.583. The van der Waals surface area contributed by atoms with Crippen molar-refractivity contribution in [1.29, 1.82) is 5.26 Å². The second-order valence-corrected chi connectivity index (χ2v) is 4.27. The highest BCUT2D eigenvalue weighted by Gasteiger charge is 2.53. The van der Waals surface area contributed by atoms with Crippen molar-refractivity contribution in [2.45, 2.75) is 39.2 Å². The molecule has 1 N–H and O–H groups in total. The van der Waals surface area contributed by atoms with Gasteiger partial charge < -0.3 is 5.11 Å². The molecule has 1 saturated carbocycles. The molecule has 0 unspecified atom stereocenters. The van der Waals surface area contributed by atoms with Gasteiger partial charge in [0.1, 0.15) is 0 Å². The fraction of sp³-hybridized carbons (Fsp3) is 0.889. The molecule has 0 aromatic rings. The summed E-state index contributed by atoms with van der Waals surface area (Å²) in [6.07, 6.45) is 1.27. The SMILES string of the molecule is CC(C)C1(C#N)CC(C)(O)C1. The van der Waals surface area contributed by atoms with Crippen LogP contribution in [0.5, 0.6) is 0 Å². The first-order valence-electron chi connectivity index (χ1n) is 4.05. The summed E-state index contributed by atoms with van der Waals surface area (Å²) in [5, 5.41) is 18.4. The molecule has 0 amide bonds. The van der Waals surface area contributed by atoms with Gasteiger partial charge in [0.2, 0.25) is 0 Å². The van der Waals surface area contributed by atoms with Gasteiger partial charge in [0.15, 0.2) is 0 Å². The van der Waals surface area contributed by atoms with Crippen LogP contribution in [-0.4, -0.2) is 10.7 Å². The van der Waals surface area contributed by atoms with E-state index >= 15 is 0 Å². The Kier molecular flexibility index (Phi) is 1.72. The highest BCUT2D eigenvalue weighted by molar-refractivity contribution is 5.14. The lowest BCUT2D eigenvalue weighted by molar-refractivity contribution is -0.107. The second-order valence-electron chi connectivity index (χ2n) is 4.27. The molecule has 1 aliphatic carbocycles. The Balaban J connectivity index is 2.67. The van der Waals surface area contributed by atoms with Crippen LogP contribution < -0.4 is 0 Å². The third kappa shape index (κ3) is 1.25. The van der Waals surface area contributed by atoms with E-state index in [2.05, 4.69) is 6.07 Å². The van der Waals surface area contributed by atoms with Gasteiger partial charge in [0.05, 0.1) is 17.1 Å². The van der Waals surface area contributed by atoms with Gasteiger partial charge in [-0.2, -0.15) is 5.26 Å². The Morgan fingerprint density at radius 2 is 1.91 bits per heavy atom. The fourth-order valence-electron chi connectivity index (χ4n) is 1.92. The van der Waals surface area contributed by atoms with Crippen molar-refractivity contribution in [3.63, 3.8) is 0 Å². The summed E-state index contributed by atoms with van der Waals surface area (Å²) in [5.41, 5.74) is -0.830. The highest BCUT2D eigenvalue weighted by Crippen LogP contribution is 2.52. The summed E-state index contributed by atoms with van der Waals surface area (Å²) in [7, 11) is 0. The zero-order valence-electron chi connectivity index (χ0n) is 7.39. The number of rotatable bonds is 1. The van der Waals surface area contributed by atoms with Crippen LogP contribution >= 0.6 is 0 Å². The second kappa shape index (κ2) is 2.22. The van der Waals surface area contributed by atoms with Crippen molar-refractivity contribution < 1.29 is 5.11 Å². The molecule has 0 radical (unpaired) electrons. The van der Waals surface area contributed by atoms with Gasteiger partial charge >= 0.3 is 0 Å². The molecule has 0 aromatic carbocycles. The van der Waals surface area contributed by atoms with Crippen molar-refractivity contribution in [3.05, 3.63) is 0 Å². The van der Waals surface area contributed by atoms with Crippen LogP contribution in [0.2, 0.25) is 0 Å². The first kappa shape index (κ1) is 8.55. The van der Waals surface area contributed by atoms with Crippen LogP contribution in [0.25, 0.3) is 0 Å². The van der Waals surface area contributed by atoms with Gasteiger partial charge in [0.25, 0.3) is 0 Å². The van der Waals surface area contributed by atoms with Gasteiger partial charge in [0, 0.05) is 0 Å². The molecule has 0 saturated heterocycles. The molecule has 0 aromatic heterocycles. The van der Waals surface area contributed by atoms with E-state index in [1.54, 1.807) is 6.92 Å². The zero-order valence-corrected chi connectivity index (χ0v) is 7.39. The Hall–Kier alpha value is -0.550. The summed E-state index contributed by atoms with van der Waals surface area (Å²) >= 11 is 0. The molecule has 0 heterocycles. The van der Waals surface area contributed by atoms with Crippen LogP contribution in [-0.2, 0) is 0 Å². The molecule has 11 heavy (non-hydrogen) atoms. The van der Waals surface area contributed by atoms with Crippen molar-refractivity contribution in [2.75, 3.05) is 0 Å². The summed E-state index contributed by atoms with van der Waals surface area (Å²) < 4.78 is 0. The molecule has 1 aliphatic rings. The molecule has 0 bridgehead atoms.